The van der Waals surface area contributed by atoms with Crippen LogP contribution < -0.4 is 16.4 Å². The smallest absolute Gasteiger partial charge is 0.252 e. The van der Waals surface area contributed by atoms with E-state index in [2.05, 4.69) is 122 Å². The first-order valence-electron chi connectivity index (χ1n) is 14.2. The van der Waals surface area contributed by atoms with E-state index in [1.54, 1.807) is 0 Å². The van der Waals surface area contributed by atoms with E-state index in [1.165, 1.54) is 88.8 Å². The molecule has 0 atom stereocenters. The molecule has 3 heteroatoms. The van der Waals surface area contributed by atoms with Crippen molar-refractivity contribution in [3.8, 4) is 11.4 Å². The SMILES string of the molecule is Cc1cc2c3c(c1)-n1c(C)c(C)c4cc(C(C)(C)C)cc(c41)B3c1cc(C(C)(C)C)cc3c(C)c(C)n-2c13. The number of aromatic nitrogens is 2. The summed E-state index contributed by atoms with van der Waals surface area (Å²) in [4.78, 5) is 0. The Labute approximate surface area is 227 Å². The van der Waals surface area contributed by atoms with Crippen LogP contribution in [0.25, 0.3) is 33.2 Å². The number of hydrogen-bond donors (Lipinski definition) is 0. The molecule has 2 aliphatic heterocycles. The molecule has 2 nitrogen and oxygen atoms in total. The molecule has 192 valence electrons. The number of fused-ring (bicyclic) bond motifs is 4. The molecule has 0 saturated carbocycles. The van der Waals surface area contributed by atoms with Crippen molar-refractivity contribution in [2.24, 2.45) is 0 Å². The molecular weight excluding hydrogens is 459 g/mol. The zero-order chi connectivity index (χ0) is 27.2. The summed E-state index contributed by atoms with van der Waals surface area (Å²) < 4.78 is 5.16. The molecule has 0 N–H and O–H groups in total. The first kappa shape index (κ1) is 23.9. The van der Waals surface area contributed by atoms with Crippen LogP contribution in [-0.4, -0.2) is 15.8 Å². The van der Waals surface area contributed by atoms with Gasteiger partial charge in [0.15, 0.2) is 0 Å². The van der Waals surface area contributed by atoms with Crippen LogP contribution in [0.4, 0.5) is 0 Å². The van der Waals surface area contributed by atoms with Crippen molar-refractivity contribution in [3.05, 3.63) is 75.6 Å². The predicted octanol–water partition coefficient (Wildman–Crippen LogP) is 6.85. The lowest BCUT2D eigenvalue weighted by Gasteiger charge is -2.36. The van der Waals surface area contributed by atoms with Crippen molar-refractivity contribution in [1.82, 2.24) is 9.13 Å². The van der Waals surface area contributed by atoms with Crippen LogP contribution in [0, 0.1) is 34.6 Å². The van der Waals surface area contributed by atoms with E-state index in [1.807, 2.05) is 0 Å². The number of aryl methyl sites for hydroxylation is 3. The third-order valence-corrected chi connectivity index (χ3v) is 9.70. The summed E-state index contributed by atoms with van der Waals surface area (Å²) in [6.45, 7) is 25.8. The van der Waals surface area contributed by atoms with Gasteiger partial charge < -0.3 is 9.13 Å². The fourth-order valence-corrected chi connectivity index (χ4v) is 7.26. The van der Waals surface area contributed by atoms with E-state index in [0.717, 1.165) is 0 Å². The Balaban J connectivity index is 1.75. The molecule has 0 unspecified atom stereocenters. The van der Waals surface area contributed by atoms with Gasteiger partial charge in [0.05, 0.1) is 0 Å². The Bertz CT molecular complexity index is 1750. The minimum atomic E-state index is 0.0775. The number of benzene rings is 3. The molecule has 0 amide bonds. The quantitative estimate of drug-likeness (QED) is 0.202. The van der Waals surface area contributed by atoms with Crippen molar-refractivity contribution in [3.63, 3.8) is 0 Å². The van der Waals surface area contributed by atoms with Gasteiger partial charge in [-0.3, -0.25) is 0 Å². The van der Waals surface area contributed by atoms with E-state index in [0.29, 0.717) is 0 Å². The highest BCUT2D eigenvalue weighted by Gasteiger charge is 2.42. The monoisotopic (exact) mass is 498 g/mol. The van der Waals surface area contributed by atoms with Crippen LogP contribution in [0.15, 0.2) is 36.4 Å². The Morgan fingerprint density at radius 3 is 1.32 bits per heavy atom. The van der Waals surface area contributed by atoms with E-state index in [-0.39, 0.29) is 17.5 Å². The number of nitrogens with zero attached hydrogens (tertiary/aromatic N) is 2. The fraction of sp³-hybridized carbons (Fsp3) is 0.371. The molecule has 38 heavy (non-hydrogen) atoms. The second-order valence-corrected chi connectivity index (χ2v) is 14.2. The molecule has 0 radical (unpaired) electrons. The Hall–Kier alpha value is -3.20. The summed E-state index contributed by atoms with van der Waals surface area (Å²) in [5.41, 5.74) is 19.8. The van der Waals surface area contributed by atoms with Crippen LogP contribution in [0.2, 0.25) is 0 Å². The summed E-state index contributed by atoms with van der Waals surface area (Å²) in [5.74, 6) is 0. The lowest BCUT2D eigenvalue weighted by atomic mass is 9.34. The minimum Gasteiger partial charge on any atom is -0.315 e. The van der Waals surface area contributed by atoms with E-state index < -0.39 is 0 Å². The predicted molar refractivity (Wildman–Crippen MR) is 166 cm³/mol. The van der Waals surface area contributed by atoms with Gasteiger partial charge in [0.2, 0.25) is 0 Å². The van der Waals surface area contributed by atoms with Gasteiger partial charge >= 0.3 is 0 Å². The summed E-state index contributed by atoms with van der Waals surface area (Å²) >= 11 is 0. The third kappa shape index (κ3) is 2.80. The van der Waals surface area contributed by atoms with Crippen molar-refractivity contribution in [2.75, 3.05) is 0 Å². The van der Waals surface area contributed by atoms with Gasteiger partial charge in [-0.2, -0.15) is 0 Å². The maximum absolute atomic E-state index is 2.58. The van der Waals surface area contributed by atoms with Crippen LogP contribution in [0.1, 0.15) is 80.7 Å². The van der Waals surface area contributed by atoms with Gasteiger partial charge in [-0.15, -0.1) is 0 Å². The largest absolute Gasteiger partial charge is 0.315 e. The van der Waals surface area contributed by atoms with Crippen LogP contribution in [0.5, 0.6) is 0 Å². The van der Waals surface area contributed by atoms with Crippen molar-refractivity contribution < 1.29 is 0 Å². The van der Waals surface area contributed by atoms with Crippen molar-refractivity contribution >= 4 is 44.9 Å². The molecule has 0 spiro atoms. The molecule has 0 saturated heterocycles. The highest BCUT2D eigenvalue weighted by Crippen LogP contribution is 2.39. The van der Waals surface area contributed by atoms with Crippen LogP contribution in [0.3, 0.4) is 0 Å². The average Bonchev–Trinajstić information content (AvgIpc) is 3.23. The maximum atomic E-state index is 2.58. The van der Waals surface area contributed by atoms with Crippen molar-refractivity contribution in [2.45, 2.75) is 87.0 Å². The van der Waals surface area contributed by atoms with Gasteiger partial charge in [0.25, 0.3) is 6.71 Å². The first-order chi connectivity index (χ1) is 17.7. The molecule has 2 aliphatic rings. The summed E-state index contributed by atoms with van der Waals surface area (Å²) in [6.07, 6.45) is 0. The molecule has 7 rings (SSSR count). The molecule has 0 bridgehead atoms. The third-order valence-electron chi connectivity index (χ3n) is 9.70. The van der Waals surface area contributed by atoms with Gasteiger partial charge in [0, 0.05) is 44.6 Å². The normalized spacial score (nSPS) is 14.1. The van der Waals surface area contributed by atoms with Gasteiger partial charge in [-0.25, -0.2) is 0 Å². The van der Waals surface area contributed by atoms with E-state index >= 15 is 0 Å². The van der Waals surface area contributed by atoms with Crippen molar-refractivity contribution in [1.29, 1.82) is 0 Å². The van der Waals surface area contributed by atoms with Crippen LogP contribution >= 0.6 is 0 Å². The molecule has 2 aromatic heterocycles. The van der Waals surface area contributed by atoms with Gasteiger partial charge in [-0.1, -0.05) is 53.7 Å². The van der Waals surface area contributed by atoms with E-state index in [4.69, 9.17) is 0 Å². The lowest BCUT2D eigenvalue weighted by molar-refractivity contribution is 0.591. The average molecular weight is 499 g/mol. The zero-order valence-electron chi connectivity index (χ0n) is 24.9. The second kappa shape index (κ2) is 7.06. The second-order valence-electron chi connectivity index (χ2n) is 14.2. The van der Waals surface area contributed by atoms with E-state index in [9.17, 15) is 0 Å². The highest BCUT2D eigenvalue weighted by molar-refractivity contribution is 7.00. The highest BCUT2D eigenvalue weighted by atomic mass is 15.0. The zero-order valence-corrected chi connectivity index (χ0v) is 24.9. The van der Waals surface area contributed by atoms with Crippen LogP contribution in [-0.2, 0) is 10.8 Å². The van der Waals surface area contributed by atoms with Gasteiger partial charge in [-0.05, 0) is 114 Å². The minimum absolute atomic E-state index is 0.0775. The Morgan fingerprint density at radius 2 is 0.947 bits per heavy atom. The standard InChI is InChI=1S/C35H39BN2/c1-18-12-29-31-30(13-18)38-22(5)20(3)26-15-24(35(9,10)11)17-28(33(26)38)36(31)27-16-23(34(6,7)8)14-25-19(2)21(4)37(29)32(25)27/h12-17H,1-11H3. The molecule has 5 aromatic rings. The number of hydrogen-bond acceptors (Lipinski definition) is 0. The Kier molecular flexibility index (Phi) is 4.44. The summed E-state index contributed by atoms with van der Waals surface area (Å²) in [5, 5.41) is 2.82. The summed E-state index contributed by atoms with van der Waals surface area (Å²) in [7, 11) is 0. The fourth-order valence-electron chi connectivity index (χ4n) is 7.26. The molecular formula is C35H39BN2. The Morgan fingerprint density at radius 1 is 0.553 bits per heavy atom. The topological polar surface area (TPSA) is 9.86 Å². The first-order valence-corrected chi connectivity index (χ1v) is 14.2. The molecule has 4 heterocycles. The lowest BCUT2D eigenvalue weighted by Crippen LogP contribution is -2.60. The molecule has 0 aliphatic carbocycles. The van der Waals surface area contributed by atoms with Gasteiger partial charge in [0.1, 0.15) is 0 Å². The number of rotatable bonds is 0. The molecule has 3 aromatic carbocycles. The maximum Gasteiger partial charge on any atom is 0.252 e. The molecule has 0 fully saturated rings. The summed E-state index contributed by atoms with van der Waals surface area (Å²) in [6, 6.07) is 14.9.